The van der Waals surface area contributed by atoms with E-state index >= 15 is 0 Å². The van der Waals surface area contributed by atoms with E-state index in [0.717, 1.165) is 12.1 Å². The van der Waals surface area contributed by atoms with Gasteiger partial charge in [-0.3, -0.25) is 0 Å². The molecular weight excluding hydrogens is 1370 g/mol. The molecule has 30 heteroatoms. The van der Waals surface area contributed by atoms with Crippen molar-refractivity contribution in [1.82, 2.24) is 0 Å². The van der Waals surface area contributed by atoms with Crippen molar-refractivity contribution in [3.8, 4) is 234 Å². The standard InChI is InChI=1S/C74H46O30/c75-45-31-27(32-36(52(82)67(97)63(93)46(32)76)29(35(31)51(81)66(96)62(45)92)39-41-43(57(87)60(90)49(39)79)58(88)71(101)70(100)55(41)85)21-10-5-8-18(15-21)19-9-6-11-22(16-19)104-74-44-42(56(86)72(102)73(74)103)40(50(80)61(91)59(44)89)30-37-33(47(77)64(94)68(98)53(37)83)28(34-38(30)54(84)69(99)65(95)48(34)78)26-17-20-7-1-2-12-23(20)24-13-3-4-14-25(24)26/h1-17,75-103H. The molecule has 30 nitrogen and oxygen atoms in total. The van der Waals surface area contributed by atoms with Crippen molar-refractivity contribution in [2.24, 2.45) is 0 Å². The molecule has 0 atom stereocenters. The zero-order valence-corrected chi connectivity index (χ0v) is 51.7. The Labute approximate surface area is 573 Å². The van der Waals surface area contributed by atoms with E-state index in [2.05, 4.69) is 0 Å². The second-order valence-electron chi connectivity index (χ2n) is 24.1. The Morgan fingerprint density at radius 1 is 0.173 bits per heavy atom. The molecule has 0 aliphatic heterocycles. The van der Waals surface area contributed by atoms with Gasteiger partial charge in [-0.05, 0) is 68.1 Å². The summed E-state index contributed by atoms with van der Waals surface area (Å²) in [7, 11) is 0. The van der Waals surface area contributed by atoms with Crippen LogP contribution >= 0.6 is 0 Å². The molecule has 0 bridgehead atoms. The predicted octanol–water partition coefficient (Wildman–Crippen LogP) is 12.5. The lowest BCUT2D eigenvalue weighted by molar-refractivity contribution is 0.347. The highest BCUT2D eigenvalue weighted by atomic mass is 16.5. The van der Waals surface area contributed by atoms with Gasteiger partial charge in [0.1, 0.15) is 5.75 Å². The van der Waals surface area contributed by atoms with Crippen LogP contribution in [-0.4, -0.2) is 148 Å². The Kier molecular flexibility index (Phi) is 13.4. The smallest absolute Gasteiger partial charge is 0.206 e. The fraction of sp³-hybridized carbons (Fsp3) is 0. The van der Waals surface area contributed by atoms with Crippen LogP contribution in [0.25, 0.3) is 142 Å². The maximum atomic E-state index is 12.3. The first-order valence-corrected chi connectivity index (χ1v) is 30.0. The average molecular weight is 1420 g/mol. The number of hydrogen-bond donors (Lipinski definition) is 29. The van der Waals surface area contributed by atoms with Crippen LogP contribution in [0.5, 0.6) is 178 Å². The van der Waals surface area contributed by atoms with Crippen LogP contribution in [0.4, 0.5) is 0 Å². The summed E-state index contributed by atoms with van der Waals surface area (Å²) in [5.74, 6) is -45.3. The monoisotopic (exact) mass is 1410 g/mol. The number of phenols is 29. The summed E-state index contributed by atoms with van der Waals surface area (Å²) >= 11 is 0. The van der Waals surface area contributed by atoms with Gasteiger partial charge in [0, 0.05) is 87.2 Å². The molecular formula is C74H46O30. The highest BCUT2D eigenvalue weighted by molar-refractivity contribution is 6.35. The Balaban J connectivity index is 0.981. The summed E-state index contributed by atoms with van der Waals surface area (Å²) in [6, 6.07) is 24.7. The van der Waals surface area contributed by atoms with Gasteiger partial charge >= 0.3 is 0 Å². The molecule has 0 radical (unpaired) electrons. The predicted molar refractivity (Wildman–Crippen MR) is 368 cm³/mol. The van der Waals surface area contributed by atoms with E-state index in [0.29, 0.717) is 16.2 Å². The summed E-state index contributed by atoms with van der Waals surface area (Å²) in [6.45, 7) is 0. The van der Waals surface area contributed by atoms with Crippen LogP contribution in [0.1, 0.15) is 0 Å². The van der Waals surface area contributed by atoms with Crippen molar-refractivity contribution in [2.75, 3.05) is 0 Å². The molecule has 0 aliphatic rings. The van der Waals surface area contributed by atoms with Gasteiger partial charge in [0.05, 0.1) is 10.8 Å². The molecule has 0 aromatic heterocycles. The molecule has 15 aromatic rings. The minimum atomic E-state index is -1.62. The molecule has 0 spiro atoms. The summed E-state index contributed by atoms with van der Waals surface area (Å²) in [5.41, 5.74) is -6.20. The average Bonchev–Trinajstić information content (AvgIpc) is 0.688. The molecule has 104 heavy (non-hydrogen) atoms. The molecule has 522 valence electrons. The van der Waals surface area contributed by atoms with E-state index in [1.54, 1.807) is 48.5 Å². The third-order valence-electron chi connectivity index (χ3n) is 18.8. The summed E-state index contributed by atoms with van der Waals surface area (Å²) in [4.78, 5) is 0. The normalized spacial score (nSPS) is 11.8. The summed E-state index contributed by atoms with van der Waals surface area (Å²) in [5, 5.41) is 327. The second-order valence-corrected chi connectivity index (χ2v) is 24.1. The molecule has 0 heterocycles. The van der Waals surface area contributed by atoms with Gasteiger partial charge < -0.3 is 153 Å². The first-order valence-electron chi connectivity index (χ1n) is 30.0. The number of hydrogen-bond acceptors (Lipinski definition) is 30. The van der Waals surface area contributed by atoms with Gasteiger partial charge in [0.15, 0.2) is 92.0 Å². The number of fused-ring (bicyclic) bond motifs is 9. The van der Waals surface area contributed by atoms with E-state index in [1.807, 2.05) is 0 Å². The van der Waals surface area contributed by atoms with Gasteiger partial charge in [-0.2, -0.15) is 0 Å². The number of rotatable bonds is 7. The molecule has 0 saturated heterocycles. The van der Waals surface area contributed by atoms with Crippen LogP contribution in [0.3, 0.4) is 0 Å². The lowest BCUT2D eigenvalue weighted by Gasteiger charge is -2.25. The Morgan fingerprint density at radius 2 is 0.462 bits per heavy atom. The fourth-order valence-electron chi connectivity index (χ4n) is 14.1. The van der Waals surface area contributed by atoms with Crippen LogP contribution < -0.4 is 4.74 Å². The van der Waals surface area contributed by atoms with Crippen LogP contribution in [0.15, 0.2) is 103 Å². The van der Waals surface area contributed by atoms with Crippen LogP contribution in [0.2, 0.25) is 0 Å². The molecule has 0 fully saturated rings. The second kappa shape index (κ2) is 21.7. The van der Waals surface area contributed by atoms with Crippen molar-refractivity contribution in [1.29, 1.82) is 0 Å². The Bertz CT molecular complexity index is 6390. The first kappa shape index (κ1) is 64.4. The van der Waals surface area contributed by atoms with E-state index in [-0.39, 0.29) is 27.6 Å². The summed E-state index contributed by atoms with van der Waals surface area (Å²) in [6.07, 6.45) is 0. The van der Waals surface area contributed by atoms with Crippen molar-refractivity contribution < 1.29 is 153 Å². The zero-order valence-electron chi connectivity index (χ0n) is 51.7. The van der Waals surface area contributed by atoms with Gasteiger partial charge in [0.2, 0.25) is 80.5 Å². The minimum Gasteiger partial charge on any atom is -0.504 e. The zero-order chi connectivity index (χ0) is 74.6. The third-order valence-corrected chi connectivity index (χ3v) is 18.8. The van der Waals surface area contributed by atoms with E-state index < -0.39 is 276 Å². The Morgan fingerprint density at radius 3 is 0.885 bits per heavy atom. The third kappa shape index (κ3) is 8.13. The van der Waals surface area contributed by atoms with Gasteiger partial charge in [-0.25, -0.2) is 0 Å². The summed E-state index contributed by atoms with van der Waals surface area (Å²) < 4.78 is 6.21. The topological polar surface area (TPSA) is 596 Å². The van der Waals surface area contributed by atoms with Crippen molar-refractivity contribution in [3.63, 3.8) is 0 Å². The highest BCUT2D eigenvalue weighted by Crippen LogP contribution is 2.70. The van der Waals surface area contributed by atoms with Crippen LogP contribution in [-0.2, 0) is 0 Å². The molecule has 0 saturated carbocycles. The number of benzene rings is 15. The Hall–Kier alpha value is -15.6. The van der Waals surface area contributed by atoms with Crippen LogP contribution in [0, 0.1) is 0 Å². The molecule has 15 aromatic carbocycles. The quantitative estimate of drug-likeness (QED) is 0.0305. The molecule has 29 N–H and O–H groups in total. The number of phenolic OH excluding ortho intramolecular Hbond substituents is 29. The van der Waals surface area contributed by atoms with Gasteiger partial charge in [-0.1, -0.05) is 78.9 Å². The maximum Gasteiger partial charge on any atom is 0.206 e. The number of ether oxygens (including phenoxy) is 1. The fourth-order valence-corrected chi connectivity index (χ4v) is 14.1. The van der Waals surface area contributed by atoms with Gasteiger partial charge in [-0.15, -0.1) is 0 Å². The number of aromatic hydroxyl groups is 29. The molecule has 0 unspecified atom stereocenters. The lowest BCUT2D eigenvalue weighted by Crippen LogP contribution is -1.97. The van der Waals surface area contributed by atoms with E-state index in [1.165, 1.54) is 42.5 Å². The van der Waals surface area contributed by atoms with Gasteiger partial charge in [0.25, 0.3) is 0 Å². The van der Waals surface area contributed by atoms with E-state index in [4.69, 9.17) is 4.74 Å². The molecule has 15 rings (SSSR count). The van der Waals surface area contributed by atoms with Crippen molar-refractivity contribution in [2.45, 2.75) is 0 Å². The highest BCUT2D eigenvalue weighted by Gasteiger charge is 2.41. The SMILES string of the molecule is Oc1c(O)c(O)c2c(-c3c4c(O)c(O)c(O)c(O)c4c(-c4cccc(-c5cccc(Oc6c(O)c(O)c(O)c7c(-c8c9c(O)c(O)c(O)c(O)c9c(-c9cc%10ccccc%10c%10ccccc9%10)c9c(O)c(O)c(O)c(O)c89)c(O)c(O)c(O)c67)c5)c4)c4c(O)c(O)c(O)c(O)c34)c(O)c(O)c(O)c2c1O. The molecule has 0 aliphatic carbocycles. The molecule has 0 amide bonds. The first-order chi connectivity index (χ1) is 49.3. The van der Waals surface area contributed by atoms with Crippen molar-refractivity contribution in [3.05, 3.63) is 103 Å². The lowest BCUT2D eigenvalue weighted by atomic mass is 9.80. The largest absolute Gasteiger partial charge is 0.504 e. The van der Waals surface area contributed by atoms with Crippen molar-refractivity contribution >= 4 is 86.2 Å². The van der Waals surface area contributed by atoms with E-state index in [9.17, 15) is 148 Å². The maximum absolute atomic E-state index is 12.3. The minimum absolute atomic E-state index is 0.00452.